The number of anilines is 2. The number of halogens is 1. The van der Waals surface area contributed by atoms with Crippen LogP contribution in [-0.2, 0) is 6.54 Å². The molecule has 5 nitrogen and oxygen atoms in total. The van der Waals surface area contributed by atoms with E-state index in [1.165, 1.54) is 12.7 Å². The molecule has 6 heteroatoms. The van der Waals surface area contributed by atoms with E-state index in [1.54, 1.807) is 6.20 Å². The van der Waals surface area contributed by atoms with Crippen LogP contribution >= 0.6 is 11.6 Å². The highest BCUT2D eigenvalue weighted by atomic mass is 35.5. The molecule has 27 heavy (non-hydrogen) atoms. The number of nitrogens with one attached hydrogen (secondary N) is 1. The lowest BCUT2D eigenvalue weighted by atomic mass is 10.1. The second kappa shape index (κ2) is 7.84. The zero-order valence-electron chi connectivity index (χ0n) is 15.8. The summed E-state index contributed by atoms with van der Waals surface area (Å²) >= 11 is 6.31. The van der Waals surface area contributed by atoms with E-state index >= 15 is 0 Å². The Hall–Kier alpha value is -2.79. The summed E-state index contributed by atoms with van der Waals surface area (Å²) in [4.78, 5) is 16.4. The molecule has 0 aliphatic rings. The first kappa shape index (κ1) is 19.0. The predicted molar refractivity (Wildman–Crippen MR) is 110 cm³/mol. The molecule has 1 N–H and O–H groups in total. The minimum absolute atomic E-state index is 0.185. The van der Waals surface area contributed by atoms with Gasteiger partial charge in [0, 0.05) is 10.7 Å². The van der Waals surface area contributed by atoms with E-state index < -0.39 is 5.56 Å². The monoisotopic (exact) mass is 383 g/mol. The van der Waals surface area contributed by atoms with Crippen LogP contribution in [0.2, 0.25) is 5.02 Å². The quantitative estimate of drug-likeness (QED) is 0.698. The Labute approximate surface area is 163 Å². The molecule has 0 bridgehead atoms. The lowest BCUT2D eigenvalue weighted by Crippen LogP contribution is -2.19. The number of benzene rings is 2. The van der Waals surface area contributed by atoms with Crippen molar-refractivity contribution in [1.82, 2.24) is 9.55 Å². The molecule has 3 aromatic rings. The van der Waals surface area contributed by atoms with Crippen molar-refractivity contribution >= 4 is 23.2 Å². The first-order chi connectivity index (χ1) is 12.9. The molecule has 0 atom stereocenters. The standard InChI is InChI=1S/C21H22ClN3O2/c1-13-9-15(3)18(10-14(13)2)23-21-24-20(26)19(27-4)12-25(21)11-16-7-5-6-8-17(16)22/h5-10,12H,11H2,1-4H3,(H,23,24,26). The van der Waals surface area contributed by atoms with Crippen LogP contribution in [0.1, 0.15) is 22.3 Å². The van der Waals surface area contributed by atoms with Crippen LogP contribution in [0.25, 0.3) is 0 Å². The number of ether oxygens (including phenoxy) is 1. The van der Waals surface area contributed by atoms with Gasteiger partial charge in [-0.25, -0.2) is 0 Å². The highest BCUT2D eigenvalue weighted by molar-refractivity contribution is 6.31. The molecule has 0 spiro atoms. The molecule has 0 aliphatic carbocycles. The van der Waals surface area contributed by atoms with Gasteiger partial charge in [0.2, 0.25) is 11.7 Å². The van der Waals surface area contributed by atoms with E-state index in [4.69, 9.17) is 16.3 Å². The normalized spacial score (nSPS) is 10.7. The minimum Gasteiger partial charge on any atom is -0.490 e. The number of hydrogen-bond acceptors (Lipinski definition) is 4. The van der Waals surface area contributed by atoms with Gasteiger partial charge in [-0.2, -0.15) is 4.98 Å². The third-order valence-corrected chi connectivity index (χ3v) is 4.94. The molecule has 0 aliphatic heterocycles. The fraction of sp³-hybridized carbons (Fsp3) is 0.238. The van der Waals surface area contributed by atoms with E-state index in [-0.39, 0.29) is 5.75 Å². The number of methoxy groups -OCH3 is 1. The van der Waals surface area contributed by atoms with Gasteiger partial charge < -0.3 is 14.6 Å². The number of aromatic nitrogens is 2. The third kappa shape index (κ3) is 4.14. The van der Waals surface area contributed by atoms with Crippen LogP contribution < -0.4 is 15.6 Å². The van der Waals surface area contributed by atoms with Gasteiger partial charge in [-0.1, -0.05) is 35.9 Å². The van der Waals surface area contributed by atoms with Gasteiger partial charge >= 0.3 is 5.56 Å². The van der Waals surface area contributed by atoms with Crippen LogP contribution in [0, 0.1) is 20.8 Å². The maximum atomic E-state index is 12.2. The van der Waals surface area contributed by atoms with Crippen LogP contribution in [0.4, 0.5) is 11.6 Å². The van der Waals surface area contributed by atoms with Crippen molar-refractivity contribution in [2.45, 2.75) is 27.3 Å². The van der Waals surface area contributed by atoms with Crippen molar-refractivity contribution in [3.05, 3.63) is 80.2 Å². The molecular weight excluding hydrogens is 362 g/mol. The summed E-state index contributed by atoms with van der Waals surface area (Å²) in [5, 5.41) is 3.95. The van der Waals surface area contributed by atoms with Crippen LogP contribution in [-0.4, -0.2) is 16.7 Å². The Kier molecular flexibility index (Phi) is 5.51. The fourth-order valence-electron chi connectivity index (χ4n) is 2.86. The van der Waals surface area contributed by atoms with E-state index in [2.05, 4.69) is 36.3 Å². The smallest absolute Gasteiger partial charge is 0.316 e. The number of aryl methyl sites for hydroxylation is 3. The Morgan fingerprint density at radius 3 is 2.52 bits per heavy atom. The molecule has 2 aromatic carbocycles. The molecule has 1 heterocycles. The summed E-state index contributed by atoms with van der Waals surface area (Å²) in [5.74, 6) is 0.622. The van der Waals surface area contributed by atoms with Crippen molar-refractivity contribution in [1.29, 1.82) is 0 Å². The van der Waals surface area contributed by atoms with Crippen molar-refractivity contribution < 1.29 is 4.74 Å². The van der Waals surface area contributed by atoms with Gasteiger partial charge in [-0.3, -0.25) is 4.79 Å². The molecule has 0 amide bonds. The van der Waals surface area contributed by atoms with Crippen molar-refractivity contribution in [3.63, 3.8) is 0 Å². The van der Waals surface area contributed by atoms with Crippen molar-refractivity contribution in [2.75, 3.05) is 12.4 Å². The number of rotatable bonds is 5. The second-order valence-electron chi connectivity index (χ2n) is 6.53. The van der Waals surface area contributed by atoms with E-state index in [1.807, 2.05) is 35.8 Å². The summed E-state index contributed by atoms with van der Waals surface area (Å²) in [7, 11) is 1.46. The predicted octanol–water partition coefficient (Wildman–Crippen LogP) is 4.62. The number of nitrogens with zero attached hydrogens (tertiary/aromatic N) is 2. The van der Waals surface area contributed by atoms with E-state index in [0.29, 0.717) is 17.5 Å². The molecular formula is C21H22ClN3O2. The summed E-state index contributed by atoms with van der Waals surface area (Å²) in [6.07, 6.45) is 1.65. The van der Waals surface area contributed by atoms with E-state index in [0.717, 1.165) is 22.4 Å². The van der Waals surface area contributed by atoms with Gasteiger partial charge in [0.05, 0.1) is 19.9 Å². The van der Waals surface area contributed by atoms with Crippen molar-refractivity contribution in [3.8, 4) is 5.75 Å². The number of hydrogen-bond donors (Lipinski definition) is 1. The van der Waals surface area contributed by atoms with Crippen LogP contribution in [0.5, 0.6) is 5.75 Å². The summed E-state index contributed by atoms with van der Waals surface area (Å²) in [6.45, 7) is 6.60. The Balaban J connectivity index is 2.06. The van der Waals surface area contributed by atoms with Gasteiger partial charge in [-0.15, -0.1) is 0 Å². The molecule has 3 rings (SSSR count). The molecule has 1 aromatic heterocycles. The minimum atomic E-state index is -0.420. The Morgan fingerprint density at radius 2 is 1.81 bits per heavy atom. The SMILES string of the molecule is COc1cn(Cc2ccccc2Cl)c(Nc2cc(C)c(C)cc2C)nc1=O. The zero-order chi connectivity index (χ0) is 19.6. The topological polar surface area (TPSA) is 56.1 Å². The molecule has 0 saturated heterocycles. The molecule has 0 unspecified atom stereocenters. The van der Waals surface area contributed by atoms with Crippen molar-refractivity contribution in [2.24, 2.45) is 0 Å². The Morgan fingerprint density at radius 1 is 1.11 bits per heavy atom. The van der Waals surface area contributed by atoms with Gasteiger partial charge in [0.1, 0.15) is 0 Å². The first-order valence-electron chi connectivity index (χ1n) is 8.63. The molecule has 0 radical (unpaired) electrons. The highest BCUT2D eigenvalue weighted by Gasteiger charge is 2.12. The first-order valence-corrected chi connectivity index (χ1v) is 9.00. The van der Waals surface area contributed by atoms with Gasteiger partial charge in [0.25, 0.3) is 0 Å². The third-order valence-electron chi connectivity index (χ3n) is 4.57. The maximum absolute atomic E-state index is 12.2. The van der Waals surface area contributed by atoms with Gasteiger partial charge in [-0.05, 0) is 55.2 Å². The lowest BCUT2D eigenvalue weighted by Gasteiger charge is -2.17. The zero-order valence-corrected chi connectivity index (χ0v) is 16.6. The average molecular weight is 384 g/mol. The van der Waals surface area contributed by atoms with Crippen LogP contribution in [0.3, 0.4) is 0 Å². The molecule has 0 fully saturated rings. The molecule has 0 saturated carbocycles. The lowest BCUT2D eigenvalue weighted by molar-refractivity contribution is 0.402. The summed E-state index contributed by atoms with van der Waals surface area (Å²) in [6, 6.07) is 11.8. The van der Waals surface area contributed by atoms with E-state index in [9.17, 15) is 4.79 Å². The summed E-state index contributed by atoms with van der Waals surface area (Å²) in [5.41, 5.74) is 4.87. The maximum Gasteiger partial charge on any atom is 0.316 e. The Bertz CT molecular complexity index is 1040. The average Bonchev–Trinajstić information content (AvgIpc) is 2.63. The van der Waals surface area contributed by atoms with Gasteiger partial charge in [0.15, 0.2) is 0 Å². The van der Waals surface area contributed by atoms with Crippen LogP contribution in [0.15, 0.2) is 47.4 Å². The highest BCUT2D eigenvalue weighted by Crippen LogP contribution is 2.25. The second-order valence-corrected chi connectivity index (χ2v) is 6.94. The summed E-state index contributed by atoms with van der Waals surface area (Å²) < 4.78 is 6.99. The largest absolute Gasteiger partial charge is 0.490 e. The molecule has 140 valence electrons. The fourth-order valence-corrected chi connectivity index (χ4v) is 3.05.